The van der Waals surface area contributed by atoms with E-state index in [1.807, 2.05) is 27.0 Å². The van der Waals surface area contributed by atoms with E-state index in [4.69, 9.17) is 0 Å². The quantitative estimate of drug-likeness (QED) is 0.895. The fourth-order valence-electron chi connectivity index (χ4n) is 2.28. The van der Waals surface area contributed by atoms with Crippen LogP contribution in [0.3, 0.4) is 0 Å². The first-order valence-corrected chi connectivity index (χ1v) is 6.06. The Morgan fingerprint density at radius 2 is 1.78 bits per heavy atom. The van der Waals surface area contributed by atoms with Gasteiger partial charge in [-0.25, -0.2) is 0 Å². The number of rotatable bonds is 3. The SMILES string of the molecule is CNCc1cccc(-n2c(C)cc(=O)cc2C)c1. The molecule has 0 saturated heterocycles. The molecule has 0 saturated carbocycles. The van der Waals surface area contributed by atoms with E-state index in [0.717, 1.165) is 23.6 Å². The summed E-state index contributed by atoms with van der Waals surface area (Å²) in [5, 5.41) is 3.14. The second kappa shape index (κ2) is 5.19. The lowest BCUT2D eigenvalue weighted by molar-refractivity contribution is 0.814. The van der Waals surface area contributed by atoms with Gasteiger partial charge >= 0.3 is 0 Å². The van der Waals surface area contributed by atoms with Gasteiger partial charge < -0.3 is 9.88 Å². The van der Waals surface area contributed by atoms with Gasteiger partial charge in [-0.15, -0.1) is 0 Å². The predicted octanol–water partition coefficient (Wildman–Crippen LogP) is 2.17. The van der Waals surface area contributed by atoms with Gasteiger partial charge in [0.25, 0.3) is 0 Å². The molecule has 0 spiro atoms. The van der Waals surface area contributed by atoms with Crippen LogP contribution in [0.2, 0.25) is 0 Å². The summed E-state index contributed by atoms with van der Waals surface area (Å²) in [6, 6.07) is 11.7. The van der Waals surface area contributed by atoms with Crippen LogP contribution in [0.15, 0.2) is 41.2 Å². The standard InChI is InChI=1S/C15H18N2O/c1-11-7-15(18)8-12(2)17(11)14-6-4-5-13(9-14)10-16-3/h4-9,16H,10H2,1-3H3. The van der Waals surface area contributed by atoms with Gasteiger partial charge in [-0.1, -0.05) is 12.1 Å². The summed E-state index contributed by atoms with van der Waals surface area (Å²) in [4.78, 5) is 11.4. The van der Waals surface area contributed by atoms with Crippen LogP contribution in [0, 0.1) is 13.8 Å². The van der Waals surface area contributed by atoms with Crippen LogP contribution in [0.5, 0.6) is 0 Å². The number of benzene rings is 1. The largest absolute Gasteiger partial charge is 0.318 e. The minimum absolute atomic E-state index is 0.0626. The first-order valence-electron chi connectivity index (χ1n) is 6.06. The summed E-state index contributed by atoms with van der Waals surface area (Å²) in [6.07, 6.45) is 0. The Hall–Kier alpha value is -1.87. The van der Waals surface area contributed by atoms with Gasteiger partial charge in [0.2, 0.25) is 0 Å². The smallest absolute Gasteiger partial charge is 0.182 e. The number of hydrogen-bond donors (Lipinski definition) is 1. The molecule has 0 unspecified atom stereocenters. The van der Waals surface area contributed by atoms with Crippen LogP contribution in [0.4, 0.5) is 0 Å². The molecule has 0 aliphatic heterocycles. The summed E-state index contributed by atoms with van der Waals surface area (Å²) >= 11 is 0. The number of pyridine rings is 1. The fourth-order valence-corrected chi connectivity index (χ4v) is 2.28. The molecule has 2 rings (SSSR count). The average Bonchev–Trinajstić information content (AvgIpc) is 2.28. The van der Waals surface area contributed by atoms with Crippen LogP contribution in [0.25, 0.3) is 5.69 Å². The summed E-state index contributed by atoms with van der Waals surface area (Å²) in [7, 11) is 1.93. The Labute approximate surface area is 107 Å². The van der Waals surface area contributed by atoms with Gasteiger partial charge in [-0.05, 0) is 38.6 Å². The third-order valence-corrected chi connectivity index (χ3v) is 2.96. The Bertz CT molecular complexity index is 588. The Morgan fingerprint density at radius 3 is 2.39 bits per heavy atom. The topological polar surface area (TPSA) is 34.0 Å². The zero-order valence-electron chi connectivity index (χ0n) is 11.0. The van der Waals surface area contributed by atoms with E-state index in [9.17, 15) is 4.79 Å². The highest BCUT2D eigenvalue weighted by molar-refractivity contribution is 5.39. The fraction of sp³-hybridized carbons (Fsp3) is 0.267. The minimum Gasteiger partial charge on any atom is -0.318 e. The van der Waals surface area contributed by atoms with Crippen molar-refractivity contribution < 1.29 is 0 Å². The Kier molecular flexibility index (Phi) is 3.63. The third-order valence-electron chi connectivity index (χ3n) is 2.96. The Balaban J connectivity index is 2.55. The third kappa shape index (κ3) is 2.51. The van der Waals surface area contributed by atoms with Crippen LogP contribution in [0.1, 0.15) is 17.0 Å². The van der Waals surface area contributed by atoms with Crippen molar-refractivity contribution in [3.63, 3.8) is 0 Å². The molecule has 3 heteroatoms. The molecule has 0 fully saturated rings. The second-order valence-electron chi connectivity index (χ2n) is 4.51. The maximum absolute atomic E-state index is 11.4. The van der Waals surface area contributed by atoms with E-state index in [2.05, 4.69) is 28.1 Å². The highest BCUT2D eigenvalue weighted by Crippen LogP contribution is 2.14. The van der Waals surface area contributed by atoms with Crippen molar-refractivity contribution in [1.29, 1.82) is 0 Å². The molecule has 1 aromatic heterocycles. The molecular formula is C15H18N2O. The molecule has 0 amide bonds. The Morgan fingerprint density at radius 1 is 1.11 bits per heavy atom. The average molecular weight is 242 g/mol. The van der Waals surface area contributed by atoms with Crippen molar-refractivity contribution in [3.8, 4) is 5.69 Å². The zero-order chi connectivity index (χ0) is 13.1. The normalized spacial score (nSPS) is 10.6. The lowest BCUT2D eigenvalue weighted by Gasteiger charge is -2.15. The lowest BCUT2D eigenvalue weighted by Crippen LogP contribution is -2.12. The van der Waals surface area contributed by atoms with Gasteiger partial charge in [-0.3, -0.25) is 4.79 Å². The molecule has 0 atom stereocenters. The highest BCUT2D eigenvalue weighted by Gasteiger charge is 2.04. The molecule has 94 valence electrons. The summed E-state index contributed by atoms with van der Waals surface area (Å²) < 4.78 is 2.10. The second-order valence-corrected chi connectivity index (χ2v) is 4.51. The van der Waals surface area contributed by atoms with Gasteiger partial charge in [0, 0.05) is 35.8 Å². The summed E-state index contributed by atoms with van der Waals surface area (Å²) in [6.45, 7) is 4.75. The summed E-state index contributed by atoms with van der Waals surface area (Å²) in [5.41, 5.74) is 4.31. The lowest BCUT2D eigenvalue weighted by atomic mass is 10.1. The molecule has 18 heavy (non-hydrogen) atoms. The van der Waals surface area contributed by atoms with Crippen LogP contribution in [-0.4, -0.2) is 11.6 Å². The van der Waals surface area contributed by atoms with Crippen molar-refractivity contribution in [2.45, 2.75) is 20.4 Å². The maximum Gasteiger partial charge on any atom is 0.182 e. The van der Waals surface area contributed by atoms with Crippen LogP contribution < -0.4 is 10.7 Å². The first kappa shape index (κ1) is 12.6. The molecule has 0 radical (unpaired) electrons. The van der Waals surface area contributed by atoms with E-state index >= 15 is 0 Å². The number of nitrogens with one attached hydrogen (secondary N) is 1. The van der Waals surface area contributed by atoms with E-state index < -0.39 is 0 Å². The van der Waals surface area contributed by atoms with Gasteiger partial charge in [0.05, 0.1) is 0 Å². The van der Waals surface area contributed by atoms with Crippen molar-refractivity contribution in [1.82, 2.24) is 9.88 Å². The van der Waals surface area contributed by atoms with Gasteiger partial charge in [-0.2, -0.15) is 0 Å². The first-order chi connectivity index (χ1) is 8.61. The van der Waals surface area contributed by atoms with Gasteiger partial charge in [0.1, 0.15) is 0 Å². The van der Waals surface area contributed by atoms with E-state index in [0.29, 0.717) is 0 Å². The van der Waals surface area contributed by atoms with Crippen molar-refractivity contribution in [3.05, 3.63) is 63.6 Å². The molecule has 0 aliphatic rings. The minimum atomic E-state index is 0.0626. The molecule has 3 nitrogen and oxygen atoms in total. The summed E-state index contributed by atoms with van der Waals surface area (Å²) in [5.74, 6) is 0. The van der Waals surface area contributed by atoms with E-state index in [1.54, 1.807) is 12.1 Å². The highest BCUT2D eigenvalue weighted by atomic mass is 16.1. The van der Waals surface area contributed by atoms with Crippen LogP contribution >= 0.6 is 0 Å². The maximum atomic E-state index is 11.4. The molecule has 0 bridgehead atoms. The molecule has 0 aliphatic carbocycles. The van der Waals surface area contributed by atoms with E-state index in [1.165, 1.54) is 5.56 Å². The number of aryl methyl sites for hydroxylation is 2. The molecule has 2 aromatic rings. The molecule has 1 N–H and O–H groups in total. The molecule has 1 heterocycles. The van der Waals surface area contributed by atoms with Crippen LogP contribution in [-0.2, 0) is 6.54 Å². The number of nitrogens with zero attached hydrogens (tertiary/aromatic N) is 1. The van der Waals surface area contributed by atoms with Crippen molar-refractivity contribution >= 4 is 0 Å². The monoisotopic (exact) mass is 242 g/mol. The molecular weight excluding hydrogens is 224 g/mol. The number of aromatic nitrogens is 1. The number of hydrogen-bond acceptors (Lipinski definition) is 2. The van der Waals surface area contributed by atoms with Gasteiger partial charge in [0.15, 0.2) is 5.43 Å². The van der Waals surface area contributed by atoms with E-state index in [-0.39, 0.29) is 5.43 Å². The molecule has 1 aromatic carbocycles. The zero-order valence-corrected chi connectivity index (χ0v) is 11.0. The predicted molar refractivity (Wildman–Crippen MR) is 74.3 cm³/mol. The van der Waals surface area contributed by atoms with Crippen molar-refractivity contribution in [2.75, 3.05) is 7.05 Å². The van der Waals surface area contributed by atoms with Crippen molar-refractivity contribution in [2.24, 2.45) is 0 Å².